The molecule has 3 aromatic rings. The summed E-state index contributed by atoms with van der Waals surface area (Å²) in [5, 5.41) is 7.36. The van der Waals surface area contributed by atoms with Gasteiger partial charge in [-0.1, -0.05) is 36.0 Å². The summed E-state index contributed by atoms with van der Waals surface area (Å²) in [5.74, 6) is 0.0894. The predicted octanol–water partition coefficient (Wildman–Crippen LogP) is 3.17. The molecular weight excluding hydrogens is 365 g/mol. The molecule has 27 heavy (non-hydrogen) atoms. The van der Waals surface area contributed by atoms with Crippen LogP contribution in [0.2, 0.25) is 0 Å². The van der Waals surface area contributed by atoms with Crippen molar-refractivity contribution in [3.8, 4) is 5.69 Å². The quantitative estimate of drug-likeness (QED) is 0.707. The smallest absolute Gasteiger partial charge is 0.275 e. The first-order chi connectivity index (χ1) is 13.2. The second kappa shape index (κ2) is 7.55. The third-order valence-corrected chi connectivity index (χ3v) is 4.79. The molecule has 4 rings (SSSR count). The van der Waals surface area contributed by atoms with Crippen molar-refractivity contribution in [1.29, 1.82) is 0 Å². The molecule has 8 heteroatoms. The molecule has 6 nitrogen and oxygen atoms in total. The van der Waals surface area contributed by atoms with E-state index >= 15 is 0 Å². The zero-order chi connectivity index (χ0) is 18.6. The van der Waals surface area contributed by atoms with E-state index in [1.807, 2.05) is 24.3 Å². The molecule has 2 aromatic carbocycles. The van der Waals surface area contributed by atoms with Gasteiger partial charge in [-0.3, -0.25) is 10.1 Å². The van der Waals surface area contributed by atoms with E-state index in [-0.39, 0.29) is 11.7 Å². The van der Waals surface area contributed by atoms with Crippen molar-refractivity contribution in [3.05, 3.63) is 83.8 Å². The summed E-state index contributed by atoms with van der Waals surface area (Å²) in [6, 6.07) is 13.8. The van der Waals surface area contributed by atoms with Gasteiger partial charge in [0.25, 0.3) is 5.91 Å². The van der Waals surface area contributed by atoms with E-state index in [2.05, 4.69) is 20.4 Å². The molecule has 1 aliphatic rings. The molecule has 1 amide bonds. The maximum absolute atomic E-state index is 12.9. The summed E-state index contributed by atoms with van der Waals surface area (Å²) in [5.41, 5.74) is 3.05. The predicted molar refractivity (Wildman–Crippen MR) is 103 cm³/mol. The van der Waals surface area contributed by atoms with Crippen molar-refractivity contribution in [2.45, 2.75) is 5.75 Å². The Labute approximate surface area is 158 Å². The Kier molecular flexibility index (Phi) is 4.80. The van der Waals surface area contributed by atoms with Crippen molar-refractivity contribution < 1.29 is 9.18 Å². The molecule has 0 aliphatic carbocycles. The number of rotatable bonds is 4. The van der Waals surface area contributed by atoms with Gasteiger partial charge in [-0.05, 0) is 41.5 Å². The molecule has 0 radical (unpaired) electrons. The van der Waals surface area contributed by atoms with Crippen LogP contribution in [0.4, 0.5) is 4.39 Å². The van der Waals surface area contributed by atoms with E-state index in [4.69, 9.17) is 0 Å². The Morgan fingerprint density at radius 3 is 2.59 bits per heavy atom. The fraction of sp³-hybridized carbons (Fsp3) is 0.0526. The van der Waals surface area contributed by atoms with Crippen molar-refractivity contribution >= 4 is 28.9 Å². The molecule has 134 valence electrons. The number of nitrogens with zero attached hydrogens (tertiary/aromatic N) is 4. The van der Waals surface area contributed by atoms with Gasteiger partial charge in [0.1, 0.15) is 24.2 Å². The molecule has 0 saturated heterocycles. The minimum absolute atomic E-state index is 0.239. The zero-order valence-corrected chi connectivity index (χ0v) is 14.9. The van der Waals surface area contributed by atoms with Gasteiger partial charge in [0.05, 0.1) is 5.69 Å². The lowest BCUT2D eigenvalue weighted by molar-refractivity contribution is -0.115. The number of benzene rings is 2. The zero-order valence-electron chi connectivity index (χ0n) is 14.0. The van der Waals surface area contributed by atoms with E-state index in [0.717, 1.165) is 16.8 Å². The van der Waals surface area contributed by atoms with E-state index in [1.165, 1.54) is 30.2 Å². The number of hydrogen-bond acceptors (Lipinski definition) is 5. The first-order valence-corrected chi connectivity index (χ1v) is 9.10. The highest BCUT2D eigenvalue weighted by molar-refractivity contribution is 8.13. The number of nitrogens with one attached hydrogen (secondary N) is 1. The van der Waals surface area contributed by atoms with E-state index < -0.39 is 0 Å². The highest BCUT2D eigenvalue weighted by atomic mass is 32.2. The molecule has 0 unspecified atom stereocenters. The van der Waals surface area contributed by atoms with Crippen molar-refractivity contribution in [2.24, 2.45) is 4.99 Å². The number of thioether (sulfide) groups is 1. The van der Waals surface area contributed by atoms with Crippen LogP contribution in [0.1, 0.15) is 11.1 Å². The summed E-state index contributed by atoms with van der Waals surface area (Å²) < 4.78 is 14.6. The van der Waals surface area contributed by atoms with E-state index in [9.17, 15) is 9.18 Å². The lowest BCUT2D eigenvalue weighted by Crippen LogP contribution is -2.21. The van der Waals surface area contributed by atoms with Crippen molar-refractivity contribution in [3.63, 3.8) is 0 Å². The topological polar surface area (TPSA) is 72.2 Å². The number of carbonyl (C=O) groups excluding carboxylic acids is 1. The van der Waals surface area contributed by atoms with E-state index in [1.54, 1.807) is 29.2 Å². The first kappa shape index (κ1) is 17.2. The highest BCUT2D eigenvalue weighted by Gasteiger charge is 2.20. The molecule has 1 N–H and O–H groups in total. The van der Waals surface area contributed by atoms with Crippen LogP contribution in [-0.4, -0.2) is 25.8 Å². The molecule has 1 aliphatic heterocycles. The number of carbonyl (C=O) groups is 1. The SMILES string of the molecule is O=C1NC(SCc2ccc(F)cc2)=N/C1=C\c1ccc(-n2cncn2)cc1. The van der Waals surface area contributed by atoms with E-state index in [0.29, 0.717) is 16.6 Å². The summed E-state index contributed by atoms with van der Waals surface area (Å²) >= 11 is 1.40. The maximum atomic E-state index is 12.9. The lowest BCUT2D eigenvalue weighted by Gasteiger charge is -2.01. The van der Waals surface area contributed by atoms with Crippen molar-refractivity contribution in [1.82, 2.24) is 20.1 Å². The molecule has 0 fully saturated rings. The van der Waals surface area contributed by atoms with Gasteiger partial charge in [0.2, 0.25) is 0 Å². The number of aliphatic imine (C=N–C) groups is 1. The molecular formula is C19H14FN5OS. The normalized spacial score (nSPS) is 15.1. The number of halogens is 1. The molecule has 1 aromatic heterocycles. The third-order valence-electron chi connectivity index (χ3n) is 3.84. The number of aromatic nitrogens is 3. The Morgan fingerprint density at radius 2 is 1.89 bits per heavy atom. The summed E-state index contributed by atoms with van der Waals surface area (Å²) in [7, 11) is 0. The Hall–Kier alpha value is -3.26. The number of amidine groups is 1. The minimum Gasteiger partial charge on any atom is -0.300 e. The first-order valence-electron chi connectivity index (χ1n) is 8.11. The molecule has 0 saturated carbocycles. The van der Waals surface area contributed by atoms with Gasteiger partial charge < -0.3 is 0 Å². The van der Waals surface area contributed by atoms with Gasteiger partial charge in [-0.2, -0.15) is 5.10 Å². The van der Waals surface area contributed by atoms with Gasteiger partial charge in [-0.25, -0.2) is 19.0 Å². The minimum atomic E-state index is -0.268. The maximum Gasteiger partial charge on any atom is 0.275 e. The number of amides is 1. The Morgan fingerprint density at radius 1 is 1.11 bits per heavy atom. The van der Waals surface area contributed by atoms with Gasteiger partial charge >= 0.3 is 0 Å². The fourth-order valence-corrected chi connectivity index (χ4v) is 3.29. The monoisotopic (exact) mass is 379 g/mol. The van der Waals surface area contributed by atoms with Crippen LogP contribution in [0.25, 0.3) is 11.8 Å². The molecule has 0 bridgehead atoms. The standard InChI is InChI=1S/C19H14FN5OS/c20-15-5-1-14(2-6-15)10-27-19-23-17(18(26)24-19)9-13-3-7-16(8-4-13)25-12-21-11-22-25/h1-9,11-12H,10H2,(H,23,24,26)/b17-9-. The molecule has 0 spiro atoms. The van der Waals surface area contributed by atoms with Crippen LogP contribution in [0, 0.1) is 5.82 Å². The van der Waals surface area contributed by atoms with Gasteiger partial charge in [-0.15, -0.1) is 0 Å². The third kappa shape index (κ3) is 4.12. The lowest BCUT2D eigenvalue weighted by atomic mass is 10.2. The molecule has 0 atom stereocenters. The Bertz CT molecular complexity index is 1010. The average Bonchev–Trinajstić information content (AvgIpc) is 3.33. The Balaban J connectivity index is 1.44. The molecule has 2 heterocycles. The van der Waals surface area contributed by atoms with Crippen LogP contribution in [0.15, 0.2) is 71.9 Å². The number of hydrogen-bond donors (Lipinski definition) is 1. The van der Waals surface area contributed by atoms with Crippen molar-refractivity contribution in [2.75, 3.05) is 0 Å². The van der Waals surface area contributed by atoms with Crippen LogP contribution < -0.4 is 5.32 Å². The van der Waals surface area contributed by atoms with Gasteiger partial charge in [0, 0.05) is 5.75 Å². The summed E-state index contributed by atoms with van der Waals surface area (Å²) in [6.45, 7) is 0. The van der Waals surface area contributed by atoms with Crippen LogP contribution in [0.3, 0.4) is 0 Å². The summed E-state index contributed by atoms with van der Waals surface area (Å²) in [4.78, 5) is 20.4. The second-order valence-corrected chi connectivity index (χ2v) is 6.71. The second-order valence-electron chi connectivity index (χ2n) is 5.75. The highest BCUT2D eigenvalue weighted by Crippen LogP contribution is 2.20. The van der Waals surface area contributed by atoms with Crippen LogP contribution in [0.5, 0.6) is 0 Å². The van der Waals surface area contributed by atoms with Crippen LogP contribution >= 0.6 is 11.8 Å². The summed E-state index contributed by atoms with van der Waals surface area (Å²) in [6.07, 6.45) is 4.82. The van der Waals surface area contributed by atoms with Gasteiger partial charge in [0.15, 0.2) is 5.17 Å². The van der Waals surface area contributed by atoms with Crippen LogP contribution in [-0.2, 0) is 10.5 Å². The average molecular weight is 379 g/mol. The largest absolute Gasteiger partial charge is 0.300 e. The fourth-order valence-electron chi connectivity index (χ4n) is 2.47.